The van der Waals surface area contributed by atoms with Crippen LogP contribution in [-0.4, -0.2) is 23.5 Å². The number of nitrogens with one attached hydrogen (secondary N) is 1. The van der Waals surface area contributed by atoms with Crippen molar-refractivity contribution in [2.45, 2.75) is 13.3 Å². The second-order valence-corrected chi connectivity index (χ2v) is 4.93. The Bertz CT molecular complexity index is 463. The molecule has 1 rings (SSSR count). The normalized spacial score (nSPS) is 11.9. The summed E-state index contributed by atoms with van der Waals surface area (Å²) in [4.78, 5) is 22.4. The molecule has 0 saturated heterocycles. The van der Waals surface area contributed by atoms with Gasteiger partial charge in [0.05, 0.1) is 11.5 Å². The van der Waals surface area contributed by atoms with Crippen LogP contribution in [-0.2, 0) is 4.79 Å². The first-order valence-electron chi connectivity index (χ1n) is 5.48. The van der Waals surface area contributed by atoms with Gasteiger partial charge in [-0.3, -0.25) is 9.59 Å². The molecule has 4 N–H and O–H groups in total. The summed E-state index contributed by atoms with van der Waals surface area (Å²) in [7, 11) is 0. The fourth-order valence-corrected chi connectivity index (χ4v) is 1.74. The molecule has 98 valence electrons. The number of hydrogen-bond acceptors (Lipinski definition) is 3. The van der Waals surface area contributed by atoms with Gasteiger partial charge in [0.15, 0.2) is 0 Å². The van der Waals surface area contributed by atoms with Crippen LogP contribution in [0.5, 0.6) is 0 Å². The first kappa shape index (κ1) is 14.5. The quantitative estimate of drug-likeness (QED) is 0.723. The lowest BCUT2D eigenvalue weighted by Crippen LogP contribution is -2.27. The zero-order valence-electron chi connectivity index (χ0n) is 9.94. The predicted octanol–water partition coefficient (Wildman–Crippen LogP) is 1.87. The zero-order chi connectivity index (χ0) is 13.7. The maximum Gasteiger partial charge on any atom is 0.306 e. The summed E-state index contributed by atoms with van der Waals surface area (Å²) in [5.41, 5.74) is 6.49. The van der Waals surface area contributed by atoms with Crippen LogP contribution in [0.1, 0.15) is 23.7 Å². The smallest absolute Gasteiger partial charge is 0.306 e. The molecule has 18 heavy (non-hydrogen) atoms. The van der Waals surface area contributed by atoms with E-state index < -0.39 is 11.9 Å². The Morgan fingerprint density at radius 3 is 2.72 bits per heavy atom. The summed E-state index contributed by atoms with van der Waals surface area (Å²) < 4.78 is 0.802. The number of carboxylic acid groups (broad SMARTS) is 1. The molecule has 0 heterocycles. The molecule has 0 aliphatic carbocycles. The molecule has 1 aromatic carbocycles. The number of carbonyl (C=O) groups is 2. The molecule has 0 aliphatic rings. The molecule has 0 aromatic heterocycles. The Balaban J connectivity index is 2.53. The lowest BCUT2D eigenvalue weighted by atomic mass is 10.1. The van der Waals surface area contributed by atoms with Crippen LogP contribution in [0.2, 0.25) is 0 Å². The summed E-state index contributed by atoms with van der Waals surface area (Å²) >= 11 is 3.26. The highest BCUT2D eigenvalue weighted by atomic mass is 79.9. The molecule has 1 aromatic rings. The number of nitrogen functional groups attached to an aromatic ring is 1. The Labute approximate surface area is 113 Å². The molecule has 1 unspecified atom stereocenters. The Kier molecular flexibility index (Phi) is 5.15. The van der Waals surface area contributed by atoms with Gasteiger partial charge in [-0.05, 0) is 24.6 Å². The van der Waals surface area contributed by atoms with Crippen molar-refractivity contribution in [2.75, 3.05) is 12.3 Å². The monoisotopic (exact) mass is 314 g/mol. The minimum atomic E-state index is -0.868. The van der Waals surface area contributed by atoms with E-state index >= 15 is 0 Å². The summed E-state index contributed by atoms with van der Waals surface area (Å²) in [6.45, 7) is 1.91. The van der Waals surface area contributed by atoms with Gasteiger partial charge in [-0.25, -0.2) is 0 Å². The molecule has 1 atom stereocenters. The maximum atomic E-state index is 11.8. The lowest BCUT2D eigenvalue weighted by Gasteiger charge is -2.09. The number of hydrogen-bond donors (Lipinski definition) is 3. The number of halogens is 1. The predicted molar refractivity (Wildman–Crippen MR) is 72.3 cm³/mol. The number of benzene rings is 1. The molecular weight excluding hydrogens is 300 g/mol. The molecule has 0 saturated carbocycles. The van der Waals surface area contributed by atoms with Crippen molar-refractivity contribution in [3.05, 3.63) is 28.2 Å². The second-order valence-electron chi connectivity index (χ2n) is 4.02. The van der Waals surface area contributed by atoms with Crippen molar-refractivity contribution >= 4 is 33.5 Å². The van der Waals surface area contributed by atoms with Gasteiger partial charge in [-0.2, -0.15) is 0 Å². The molecule has 0 spiro atoms. The topological polar surface area (TPSA) is 92.4 Å². The van der Waals surface area contributed by atoms with E-state index in [1.54, 1.807) is 25.1 Å². The number of rotatable bonds is 5. The van der Waals surface area contributed by atoms with Crippen molar-refractivity contribution in [2.24, 2.45) is 5.92 Å². The van der Waals surface area contributed by atoms with Crippen molar-refractivity contribution in [1.29, 1.82) is 0 Å². The van der Waals surface area contributed by atoms with Crippen LogP contribution >= 0.6 is 15.9 Å². The molecule has 5 nitrogen and oxygen atoms in total. The minimum absolute atomic E-state index is 0.294. The lowest BCUT2D eigenvalue weighted by molar-refractivity contribution is -0.141. The van der Waals surface area contributed by atoms with Crippen LogP contribution in [0, 0.1) is 5.92 Å². The van der Waals surface area contributed by atoms with Crippen molar-refractivity contribution in [1.82, 2.24) is 5.32 Å². The molecule has 0 fully saturated rings. The van der Waals surface area contributed by atoms with Gasteiger partial charge in [0.25, 0.3) is 5.91 Å². The zero-order valence-corrected chi connectivity index (χ0v) is 11.5. The molecular formula is C12H15BrN2O3. The van der Waals surface area contributed by atoms with E-state index in [2.05, 4.69) is 21.2 Å². The van der Waals surface area contributed by atoms with Crippen LogP contribution < -0.4 is 11.1 Å². The number of nitrogens with two attached hydrogens (primary N) is 1. The summed E-state index contributed by atoms with van der Waals surface area (Å²) in [5.74, 6) is -1.64. The number of carboxylic acids is 1. The Morgan fingerprint density at radius 1 is 1.50 bits per heavy atom. The number of carbonyl (C=O) groups excluding carboxylic acids is 1. The van der Waals surface area contributed by atoms with E-state index in [0.29, 0.717) is 24.2 Å². The van der Waals surface area contributed by atoms with Gasteiger partial charge >= 0.3 is 5.97 Å². The average molecular weight is 315 g/mol. The number of amides is 1. The maximum absolute atomic E-state index is 11.8. The van der Waals surface area contributed by atoms with Crippen molar-refractivity contribution in [3.8, 4) is 0 Å². The molecule has 0 radical (unpaired) electrons. The van der Waals surface area contributed by atoms with Gasteiger partial charge in [-0.1, -0.05) is 22.9 Å². The SMILES string of the molecule is CC(CCNC(=O)c1ccc(Br)cc1N)C(=O)O. The van der Waals surface area contributed by atoms with Crippen LogP contribution in [0.3, 0.4) is 0 Å². The molecule has 6 heteroatoms. The first-order valence-corrected chi connectivity index (χ1v) is 6.27. The van der Waals surface area contributed by atoms with E-state index in [9.17, 15) is 9.59 Å². The van der Waals surface area contributed by atoms with E-state index in [1.807, 2.05) is 0 Å². The minimum Gasteiger partial charge on any atom is -0.481 e. The third kappa shape index (κ3) is 4.03. The van der Waals surface area contributed by atoms with Gasteiger partial charge in [0, 0.05) is 16.7 Å². The fraction of sp³-hybridized carbons (Fsp3) is 0.333. The average Bonchev–Trinajstić information content (AvgIpc) is 2.28. The molecule has 0 aliphatic heterocycles. The van der Waals surface area contributed by atoms with Crippen LogP contribution in [0.4, 0.5) is 5.69 Å². The van der Waals surface area contributed by atoms with Crippen molar-refractivity contribution in [3.63, 3.8) is 0 Å². The molecule has 0 bridgehead atoms. The van der Waals surface area contributed by atoms with E-state index in [1.165, 1.54) is 0 Å². The largest absolute Gasteiger partial charge is 0.481 e. The highest BCUT2D eigenvalue weighted by Gasteiger charge is 2.13. The van der Waals surface area contributed by atoms with Crippen LogP contribution in [0.25, 0.3) is 0 Å². The summed E-state index contributed by atoms with van der Waals surface area (Å²) in [6, 6.07) is 5.00. The highest BCUT2D eigenvalue weighted by Crippen LogP contribution is 2.18. The third-order valence-corrected chi connectivity index (χ3v) is 3.04. The number of anilines is 1. The standard InChI is InChI=1S/C12H15BrN2O3/c1-7(12(17)18)4-5-15-11(16)9-3-2-8(13)6-10(9)14/h2-3,6-7H,4-5,14H2,1H3,(H,15,16)(H,17,18). The Morgan fingerprint density at radius 2 is 2.17 bits per heavy atom. The van der Waals surface area contributed by atoms with Crippen molar-refractivity contribution < 1.29 is 14.7 Å². The Hall–Kier alpha value is -1.56. The van der Waals surface area contributed by atoms with Gasteiger partial charge in [-0.15, -0.1) is 0 Å². The van der Waals surface area contributed by atoms with Crippen LogP contribution in [0.15, 0.2) is 22.7 Å². The summed E-state index contributed by atoms with van der Waals surface area (Å²) in [6.07, 6.45) is 0.386. The van der Waals surface area contributed by atoms with Gasteiger partial charge < -0.3 is 16.2 Å². The van der Waals surface area contributed by atoms with E-state index in [-0.39, 0.29) is 5.91 Å². The highest BCUT2D eigenvalue weighted by molar-refractivity contribution is 9.10. The second kappa shape index (κ2) is 6.39. The third-order valence-electron chi connectivity index (χ3n) is 2.54. The molecule has 1 amide bonds. The van der Waals surface area contributed by atoms with E-state index in [4.69, 9.17) is 10.8 Å². The first-order chi connectivity index (χ1) is 8.41. The van der Waals surface area contributed by atoms with E-state index in [0.717, 1.165) is 4.47 Å². The number of aliphatic carboxylic acids is 1. The summed E-state index contributed by atoms with van der Waals surface area (Å²) in [5, 5.41) is 11.3. The van der Waals surface area contributed by atoms with Gasteiger partial charge in [0.1, 0.15) is 0 Å². The van der Waals surface area contributed by atoms with Gasteiger partial charge in [0.2, 0.25) is 0 Å². The fourth-order valence-electron chi connectivity index (χ4n) is 1.36.